The number of ether oxygens (including phenoxy) is 3. The van der Waals surface area contributed by atoms with Crippen LogP contribution in [-0.4, -0.2) is 62.4 Å². The number of benzene rings is 3. The molecule has 5 heterocycles. The Morgan fingerprint density at radius 1 is 0.981 bits per heavy atom. The molecule has 0 amide bonds. The Balaban J connectivity index is 1.30. The monoisotopic (exact) mass is 858 g/mol. The molecule has 8 rings (SSSR count). The van der Waals surface area contributed by atoms with E-state index in [2.05, 4.69) is 105 Å². The van der Waals surface area contributed by atoms with E-state index >= 15 is 0 Å². The number of nitrogens with zero attached hydrogens (tertiary/aromatic N) is 6. The van der Waals surface area contributed by atoms with Gasteiger partial charge in [-0.2, -0.15) is 10.2 Å². The van der Waals surface area contributed by atoms with Crippen molar-refractivity contribution in [3.8, 4) is 16.9 Å². The molecule has 2 aliphatic rings. The molecular formula is C42H47IN6O4S. The highest BCUT2D eigenvalue weighted by Gasteiger charge is 2.30. The van der Waals surface area contributed by atoms with E-state index in [4.69, 9.17) is 24.4 Å². The summed E-state index contributed by atoms with van der Waals surface area (Å²) >= 11 is 4.25. The highest BCUT2D eigenvalue weighted by Crippen LogP contribution is 2.43. The van der Waals surface area contributed by atoms with Crippen LogP contribution in [0.25, 0.3) is 32.8 Å². The third kappa shape index (κ3) is 6.94. The van der Waals surface area contributed by atoms with Crippen LogP contribution < -0.4 is 4.74 Å². The molecule has 54 heavy (non-hydrogen) atoms. The lowest BCUT2D eigenvalue weighted by atomic mass is 9.94. The molecule has 0 aliphatic carbocycles. The van der Waals surface area contributed by atoms with Crippen molar-refractivity contribution in [1.82, 2.24) is 29.0 Å². The van der Waals surface area contributed by atoms with Gasteiger partial charge in [0.25, 0.3) is 0 Å². The van der Waals surface area contributed by atoms with E-state index in [0.717, 1.165) is 109 Å². The highest BCUT2D eigenvalue weighted by atomic mass is 127. The molecule has 2 aliphatic heterocycles. The number of esters is 1. The van der Waals surface area contributed by atoms with Crippen LogP contribution in [0.5, 0.6) is 5.75 Å². The summed E-state index contributed by atoms with van der Waals surface area (Å²) in [5.41, 5.74) is 10.2. The van der Waals surface area contributed by atoms with Crippen molar-refractivity contribution in [1.29, 1.82) is 0 Å². The molecule has 6 aromatic rings. The van der Waals surface area contributed by atoms with Crippen molar-refractivity contribution < 1.29 is 19.0 Å². The summed E-state index contributed by atoms with van der Waals surface area (Å²) in [7, 11) is 7.63. The first kappa shape index (κ1) is 37.1. The summed E-state index contributed by atoms with van der Waals surface area (Å²) < 4.78 is 25.3. The van der Waals surface area contributed by atoms with Crippen molar-refractivity contribution >= 4 is 62.0 Å². The lowest BCUT2D eigenvalue weighted by Gasteiger charge is -2.24. The summed E-state index contributed by atoms with van der Waals surface area (Å²) in [6.07, 6.45) is 4.37. The fourth-order valence-corrected chi connectivity index (χ4v) is 9.91. The number of carbonyl (C=O) groups is 1. The van der Waals surface area contributed by atoms with Gasteiger partial charge in [0.05, 0.1) is 30.6 Å². The van der Waals surface area contributed by atoms with Crippen molar-refractivity contribution in [2.24, 2.45) is 14.1 Å². The predicted octanol–water partition coefficient (Wildman–Crippen LogP) is 8.91. The molecule has 1 saturated heterocycles. The average molecular weight is 859 g/mol. The number of rotatable bonds is 3. The molecule has 12 heteroatoms. The van der Waals surface area contributed by atoms with Gasteiger partial charge in [-0.05, 0) is 80.8 Å². The van der Waals surface area contributed by atoms with Crippen molar-refractivity contribution in [3.05, 3.63) is 94.2 Å². The van der Waals surface area contributed by atoms with Gasteiger partial charge in [-0.3, -0.25) is 9.58 Å². The summed E-state index contributed by atoms with van der Waals surface area (Å²) in [4.78, 5) is 17.1. The van der Waals surface area contributed by atoms with Crippen LogP contribution >= 0.6 is 34.4 Å². The van der Waals surface area contributed by atoms with E-state index in [1.54, 1.807) is 11.8 Å². The Bertz CT molecular complexity index is 2360. The van der Waals surface area contributed by atoms with Crippen LogP contribution in [-0.2, 0) is 53.3 Å². The summed E-state index contributed by atoms with van der Waals surface area (Å²) in [6.45, 7) is 4.69. The molecule has 1 unspecified atom stereocenters. The summed E-state index contributed by atoms with van der Waals surface area (Å²) in [5.74, 6) is 1.32. The normalized spacial score (nSPS) is 17.3. The van der Waals surface area contributed by atoms with Crippen molar-refractivity contribution in [2.75, 3.05) is 27.4 Å². The maximum Gasteiger partial charge on any atom is 0.354 e. The molecule has 3 aromatic heterocycles. The topological polar surface area (TPSA) is 88.6 Å². The van der Waals surface area contributed by atoms with Gasteiger partial charge >= 0.3 is 5.97 Å². The molecule has 10 nitrogen and oxygen atoms in total. The Kier molecular flexibility index (Phi) is 10.8. The van der Waals surface area contributed by atoms with Gasteiger partial charge in [-0.1, -0.05) is 59.0 Å². The first-order chi connectivity index (χ1) is 26.2. The molecule has 0 saturated carbocycles. The van der Waals surface area contributed by atoms with Gasteiger partial charge in [0, 0.05) is 82.2 Å². The maximum absolute atomic E-state index is 13.6. The van der Waals surface area contributed by atoms with Crippen LogP contribution in [0, 0.1) is 6.92 Å². The number of aromatic nitrogens is 5. The van der Waals surface area contributed by atoms with E-state index < -0.39 is 0 Å². The molecular weight excluding hydrogens is 811 g/mol. The molecule has 282 valence electrons. The second kappa shape index (κ2) is 15.7. The van der Waals surface area contributed by atoms with Gasteiger partial charge in [0.2, 0.25) is 0 Å². The fraction of sp³-hybridized carbons (Fsp3) is 0.405. The Hall–Kier alpha value is -3.85. The predicted molar refractivity (Wildman–Crippen MR) is 222 cm³/mol. The number of fused-ring (bicyclic) bond motifs is 8. The van der Waals surface area contributed by atoms with Crippen LogP contribution in [0.4, 0.5) is 0 Å². The van der Waals surface area contributed by atoms with Crippen LogP contribution in [0.15, 0.2) is 59.5 Å². The minimum absolute atomic E-state index is 0.112. The Morgan fingerprint density at radius 3 is 2.63 bits per heavy atom. The van der Waals surface area contributed by atoms with Gasteiger partial charge in [0.15, 0.2) is 0 Å². The smallest absolute Gasteiger partial charge is 0.354 e. The van der Waals surface area contributed by atoms with Crippen molar-refractivity contribution in [3.63, 3.8) is 0 Å². The number of aryl methyl sites for hydroxylation is 3. The minimum atomic E-state index is -0.338. The average Bonchev–Trinajstić information content (AvgIpc) is 3.80. The second-order valence-corrected chi connectivity index (χ2v) is 16.3. The Morgan fingerprint density at radius 2 is 1.83 bits per heavy atom. The molecule has 0 radical (unpaired) electrons. The first-order valence-corrected chi connectivity index (χ1v) is 21.2. The minimum Gasteiger partial charge on any atom is -0.493 e. The molecule has 1 fully saturated rings. The lowest BCUT2D eigenvalue weighted by Crippen LogP contribution is -2.21. The van der Waals surface area contributed by atoms with Crippen LogP contribution in [0.1, 0.15) is 76.3 Å². The van der Waals surface area contributed by atoms with Gasteiger partial charge in [-0.25, -0.2) is 9.48 Å². The standard InChI is InChI=1S/C42H47IN6O4S/c1-26-38-35(45-49(26)37-14-8-9-17-53-37)24-46(2)23-29-20-30(48(4)44-29)25-54-31-19-27-11-6-7-12-32(27)36(21-31)52-18-10-13-33-34-16-15-28(22-43)39(38)40(34)47(3)41(33)42(50)51-5/h6-7,11-12,15-16,19-21,37H,8-10,13-14,17-18,22-25H2,1-5H3. The summed E-state index contributed by atoms with van der Waals surface area (Å²) in [5, 5.41) is 13.6. The number of alkyl halides is 1. The Labute approximate surface area is 334 Å². The quantitative estimate of drug-likeness (QED) is 0.0992. The molecule has 0 N–H and O–H groups in total. The SMILES string of the molecule is COC(=O)c1c2c3ccc(CI)c(c3n1C)-c1c(nn(C3CCCCO3)c1C)CN(C)Cc1cc(n(C)n1)CSc1cc(c3ccccc3c1)OCCC2. The van der Waals surface area contributed by atoms with E-state index in [-0.39, 0.29) is 12.2 Å². The van der Waals surface area contributed by atoms with Crippen LogP contribution in [0.2, 0.25) is 0 Å². The number of thioether (sulfide) groups is 1. The largest absolute Gasteiger partial charge is 0.493 e. The third-order valence-electron chi connectivity index (χ3n) is 10.9. The van der Waals surface area contributed by atoms with Crippen LogP contribution in [0.3, 0.4) is 0 Å². The lowest BCUT2D eigenvalue weighted by molar-refractivity contribution is -0.0409. The number of hydrogen-bond donors (Lipinski definition) is 0. The number of methoxy groups -OCH3 is 1. The molecule has 0 spiro atoms. The number of carbonyl (C=O) groups excluding carboxylic acids is 1. The zero-order valence-electron chi connectivity index (χ0n) is 31.7. The summed E-state index contributed by atoms with van der Waals surface area (Å²) in [6, 6.07) is 19.4. The zero-order valence-corrected chi connectivity index (χ0v) is 34.6. The molecule has 8 bridgehead atoms. The van der Waals surface area contributed by atoms with Crippen molar-refractivity contribution in [2.45, 2.75) is 73.4 Å². The van der Waals surface area contributed by atoms with Gasteiger partial charge < -0.3 is 18.8 Å². The van der Waals surface area contributed by atoms with E-state index in [9.17, 15) is 4.79 Å². The number of hydrogen-bond acceptors (Lipinski definition) is 8. The second-order valence-electron chi connectivity index (χ2n) is 14.5. The zero-order chi connectivity index (χ0) is 37.5. The van der Waals surface area contributed by atoms with E-state index in [1.807, 2.05) is 18.8 Å². The molecule has 3 aromatic carbocycles. The van der Waals surface area contributed by atoms with Gasteiger partial charge in [-0.15, -0.1) is 11.8 Å². The molecule has 1 atom stereocenters. The highest BCUT2D eigenvalue weighted by molar-refractivity contribution is 14.1. The maximum atomic E-state index is 13.6. The third-order valence-corrected chi connectivity index (χ3v) is 12.7. The van der Waals surface area contributed by atoms with E-state index in [1.165, 1.54) is 18.4 Å². The number of halogens is 1. The van der Waals surface area contributed by atoms with E-state index in [0.29, 0.717) is 31.8 Å². The fourth-order valence-electron chi connectivity index (χ4n) is 8.29. The van der Waals surface area contributed by atoms with Gasteiger partial charge in [0.1, 0.15) is 17.7 Å². The first-order valence-electron chi connectivity index (χ1n) is 18.7.